The quantitative estimate of drug-likeness (QED) is 0.401. The van der Waals surface area contributed by atoms with Crippen molar-refractivity contribution in [3.8, 4) is 0 Å². The van der Waals surface area contributed by atoms with Gasteiger partial charge in [0, 0.05) is 0 Å². The topological polar surface area (TPSA) is 55.6 Å². The molecule has 5 heteroatoms. The summed E-state index contributed by atoms with van der Waals surface area (Å²) in [6.07, 6.45) is 4.14. The van der Waals surface area contributed by atoms with E-state index in [2.05, 4.69) is 28.9 Å². The van der Waals surface area contributed by atoms with Crippen molar-refractivity contribution in [3.63, 3.8) is 0 Å². The Balaban J connectivity index is 1.56. The molecule has 0 bridgehead atoms. The molecule has 0 spiro atoms. The minimum Gasteiger partial charge on any atom is -0.457 e. The van der Waals surface area contributed by atoms with Gasteiger partial charge in [0.05, 0.1) is 22.6 Å². The number of carbonyl (C=O) groups is 1. The lowest BCUT2D eigenvalue weighted by Crippen LogP contribution is -2.39. The van der Waals surface area contributed by atoms with Crippen molar-refractivity contribution < 1.29 is 9.53 Å². The Morgan fingerprint density at radius 3 is 2.31 bits per heavy atom. The first-order valence-electron chi connectivity index (χ1n) is 9.60. The van der Waals surface area contributed by atoms with Crippen molar-refractivity contribution in [1.82, 2.24) is 0 Å². The molecule has 0 saturated carbocycles. The molecule has 0 atom stereocenters. The molecule has 0 fully saturated rings. The number of anilines is 3. The van der Waals surface area contributed by atoms with E-state index in [4.69, 9.17) is 10.5 Å². The number of ether oxygens (including phenoxy) is 1. The average molecular weight is 378 g/mol. The van der Waals surface area contributed by atoms with Crippen molar-refractivity contribution in [3.05, 3.63) is 101 Å². The number of nitrogens with zero attached hydrogens (tertiary/aromatic N) is 1. The number of para-hydroxylation sites is 2. The number of nitrogens with two attached hydrogens (primary N) is 1. The molecule has 29 heavy (non-hydrogen) atoms. The maximum atomic E-state index is 13.0. The molecule has 4 nitrogen and oxygen atoms in total. The largest absolute Gasteiger partial charge is 0.457 e. The van der Waals surface area contributed by atoms with E-state index in [0.29, 0.717) is 11.3 Å². The van der Waals surface area contributed by atoms with Gasteiger partial charge in [0.2, 0.25) is 0 Å². The van der Waals surface area contributed by atoms with Gasteiger partial charge in [-0.3, -0.25) is 0 Å². The fourth-order valence-electron chi connectivity index (χ4n) is 3.97. The SMILES string of the molecule is Nc1cccc2c1N1B(C=C2)C=Cc2cccc(C(=O)OCc3ccccc3)c21. The molecule has 0 unspecified atom stereocenters. The molecular weight excluding hydrogens is 359 g/mol. The van der Waals surface area contributed by atoms with Crippen LogP contribution in [0.4, 0.5) is 17.1 Å². The Kier molecular flexibility index (Phi) is 4.21. The third-order valence-corrected chi connectivity index (χ3v) is 5.32. The summed E-state index contributed by atoms with van der Waals surface area (Å²) in [6.45, 7) is 0.240. The summed E-state index contributed by atoms with van der Waals surface area (Å²) in [7, 11) is 0. The Bertz CT molecular complexity index is 1150. The summed E-state index contributed by atoms with van der Waals surface area (Å²) in [5, 5.41) is 0. The number of carbonyl (C=O) groups excluding carboxylic acids is 1. The highest BCUT2D eigenvalue weighted by molar-refractivity contribution is 6.77. The lowest BCUT2D eigenvalue weighted by atomic mass is 9.55. The van der Waals surface area contributed by atoms with Gasteiger partial charge in [-0.1, -0.05) is 78.7 Å². The highest BCUT2D eigenvalue weighted by Gasteiger charge is 2.34. The van der Waals surface area contributed by atoms with Crippen LogP contribution in [0, 0.1) is 0 Å². The molecule has 2 N–H and O–H groups in total. The van der Waals surface area contributed by atoms with Crippen LogP contribution in [0.25, 0.3) is 12.2 Å². The number of fused-ring (bicyclic) bond motifs is 5. The second-order valence-corrected chi connectivity index (χ2v) is 7.17. The van der Waals surface area contributed by atoms with Gasteiger partial charge in [-0.25, -0.2) is 4.79 Å². The molecule has 2 aliphatic rings. The molecule has 2 aliphatic heterocycles. The zero-order valence-corrected chi connectivity index (χ0v) is 15.8. The number of hydrogen-bond donors (Lipinski definition) is 1. The van der Waals surface area contributed by atoms with Gasteiger partial charge in [-0.05, 0) is 28.8 Å². The maximum absolute atomic E-state index is 13.0. The fraction of sp³-hybridized carbons (Fsp3) is 0.0417. The normalized spacial score (nSPS) is 13.5. The molecule has 0 aliphatic carbocycles. The summed E-state index contributed by atoms with van der Waals surface area (Å²) in [6, 6.07) is 21.3. The molecule has 3 aromatic carbocycles. The Hall–Kier alpha value is -3.73. The summed E-state index contributed by atoms with van der Waals surface area (Å²) < 4.78 is 5.64. The molecule has 140 valence electrons. The van der Waals surface area contributed by atoms with E-state index in [0.717, 1.165) is 28.1 Å². The van der Waals surface area contributed by atoms with Crippen LogP contribution < -0.4 is 10.5 Å². The molecule has 3 aromatic rings. The summed E-state index contributed by atoms with van der Waals surface area (Å²) in [5.74, 6) is 3.89. The minimum atomic E-state index is -0.342. The van der Waals surface area contributed by atoms with Gasteiger partial charge in [0.15, 0.2) is 0 Å². The number of hydrogen-bond acceptors (Lipinski definition) is 4. The monoisotopic (exact) mass is 378 g/mol. The van der Waals surface area contributed by atoms with Crippen molar-refractivity contribution in [2.45, 2.75) is 6.61 Å². The summed E-state index contributed by atoms with van der Waals surface area (Å²) >= 11 is 0. The van der Waals surface area contributed by atoms with Crippen LogP contribution in [0.15, 0.2) is 78.7 Å². The Morgan fingerprint density at radius 1 is 0.862 bits per heavy atom. The van der Waals surface area contributed by atoms with E-state index in [1.54, 1.807) is 0 Å². The van der Waals surface area contributed by atoms with E-state index in [9.17, 15) is 4.79 Å². The lowest BCUT2D eigenvalue weighted by molar-refractivity contribution is 0.0473. The minimum absolute atomic E-state index is 0.00257. The van der Waals surface area contributed by atoms with Crippen molar-refractivity contribution in [1.29, 1.82) is 0 Å². The average Bonchev–Trinajstić information content (AvgIpc) is 2.77. The van der Waals surface area contributed by atoms with Crippen LogP contribution in [0.1, 0.15) is 27.0 Å². The molecular formula is C24H19BN2O2. The first-order chi connectivity index (χ1) is 14.2. The van der Waals surface area contributed by atoms with Crippen LogP contribution in [-0.4, -0.2) is 12.8 Å². The molecule has 0 amide bonds. The third-order valence-electron chi connectivity index (χ3n) is 5.32. The zero-order chi connectivity index (χ0) is 19.8. The van der Waals surface area contributed by atoms with Crippen molar-refractivity contribution >= 4 is 42.0 Å². The molecule has 5 rings (SSSR count). The number of benzene rings is 3. The van der Waals surface area contributed by atoms with E-state index < -0.39 is 0 Å². The zero-order valence-electron chi connectivity index (χ0n) is 15.8. The van der Waals surface area contributed by atoms with Gasteiger partial charge in [0.25, 0.3) is 0 Å². The molecule has 0 aromatic heterocycles. The van der Waals surface area contributed by atoms with Crippen LogP contribution in [0.3, 0.4) is 0 Å². The molecule has 2 heterocycles. The van der Waals surface area contributed by atoms with Crippen LogP contribution in [0.2, 0.25) is 0 Å². The molecule has 0 radical (unpaired) electrons. The highest BCUT2D eigenvalue weighted by atomic mass is 16.5. The maximum Gasteiger partial charge on any atom is 0.340 e. The van der Waals surface area contributed by atoms with Crippen LogP contribution in [-0.2, 0) is 11.3 Å². The number of esters is 1. The first kappa shape index (κ1) is 17.4. The van der Waals surface area contributed by atoms with E-state index in [1.807, 2.05) is 66.7 Å². The lowest BCUT2D eigenvalue weighted by Gasteiger charge is -2.38. The summed E-state index contributed by atoms with van der Waals surface area (Å²) in [4.78, 5) is 15.2. The van der Waals surface area contributed by atoms with E-state index >= 15 is 0 Å². The predicted molar refractivity (Wildman–Crippen MR) is 119 cm³/mol. The smallest absolute Gasteiger partial charge is 0.340 e. The number of rotatable bonds is 3. The highest BCUT2D eigenvalue weighted by Crippen LogP contribution is 2.44. The van der Waals surface area contributed by atoms with Gasteiger partial charge in [-0.15, -0.1) is 0 Å². The fourth-order valence-corrected chi connectivity index (χ4v) is 3.97. The predicted octanol–water partition coefficient (Wildman–Crippen LogP) is 4.89. The van der Waals surface area contributed by atoms with Crippen LogP contribution >= 0.6 is 0 Å². The van der Waals surface area contributed by atoms with E-state index in [1.165, 1.54) is 0 Å². The van der Waals surface area contributed by atoms with Gasteiger partial charge >= 0.3 is 12.8 Å². The summed E-state index contributed by atoms with van der Waals surface area (Å²) in [5.41, 5.74) is 12.3. The standard InChI is InChI=1S/C24H19BN2O2/c26-21-11-5-9-19-13-15-25-14-12-18-8-4-10-20(22(18)27(25)23(19)21)24(28)29-16-17-6-2-1-3-7-17/h1-15H,16,26H2. The van der Waals surface area contributed by atoms with Gasteiger partial charge < -0.3 is 15.3 Å². The van der Waals surface area contributed by atoms with Gasteiger partial charge in [-0.2, -0.15) is 0 Å². The molecule has 0 saturated heterocycles. The Morgan fingerprint density at radius 2 is 1.55 bits per heavy atom. The first-order valence-corrected chi connectivity index (χ1v) is 9.60. The Labute approximate surface area is 170 Å². The second kappa shape index (κ2) is 7.02. The van der Waals surface area contributed by atoms with Crippen LogP contribution in [0.5, 0.6) is 0 Å². The van der Waals surface area contributed by atoms with Gasteiger partial charge in [0.1, 0.15) is 6.61 Å². The second-order valence-electron chi connectivity index (χ2n) is 7.17. The number of nitrogen functional groups attached to an aromatic ring is 1. The van der Waals surface area contributed by atoms with Crippen molar-refractivity contribution in [2.24, 2.45) is 0 Å². The third kappa shape index (κ3) is 3.01. The van der Waals surface area contributed by atoms with Crippen molar-refractivity contribution in [2.75, 3.05) is 10.5 Å². The van der Waals surface area contributed by atoms with E-state index in [-0.39, 0.29) is 19.4 Å².